The number of carbonyl (C=O) groups excluding carboxylic acids is 1. The predicted molar refractivity (Wildman–Crippen MR) is 78.9 cm³/mol. The molecule has 3 rings (SSSR count). The van der Waals surface area contributed by atoms with Crippen LogP contribution in [-0.4, -0.2) is 30.8 Å². The summed E-state index contributed by atoms with van der Waals surface area (Å²) in [7, 11) is 1.66. The van der Waals surface area contributed by atoms with Crippen LogP contribution in [0.2, 0.25) is 0 Å². The van der Waals surface area contributed by atoms with Crippen LogP contribution in [-0.2, 0) is 11.2 Å². The molecular weight excluding hydrogens is 322 g/mol. The molecule has 20 heavy (non-hydrogen) atoms. The number of nitrogens with zero attached hydrogens (tertiary/aromatic N) is 1. The van der Waals surface area contributed by atoms with Crippen molar-refractivity contribution < 1.29 is 14.3 Å². The summed E-state index contributed by atoms with van der Waals surface area (Å²) in [6.45, 7) is 2.41. The second-order valence-electron chi connectivity index (χ2n) is 4.95. The molecule has 1 aromatic rings. The van der Waals surface area contributed by atoms with Gasteiger partial charge in [0.1, 0.15) is 12.4 Å². The highest BCUT2D eigenvalue weighted by atomic mass is 79.9. The summed E-state index contributed by atoms with van der Waals surface area (Å²) in [5.74, 6) is 0.810. The van der Waals surface area contributed by atoms with Crippen LogP contribution in [0.3, 0.4) is 0 Å². The van der Waals surface area contributed by atoms with Crippen LogP contribution < -0.4 is 4.74 Å². The molecule has 1 aromatic carbocycles. The van der Waals surface area contributed by atoms with Crippen molar-refractivity contribution in [3.05, 3.63) is 39.9 Å². The maximum atomic E-state index is 12.0. The number of halogens is 1. The monoisotopic (exact) mass is 337 g/mol. The highest BCUT2D eigenvalue weighted by Crippen LogP contribution is 2.44. The van der Waals surface area contributed by atoms with Crippen molar-refractivity contribution in [2.24, 2.45) is 0 Å². The van der Waals surface area contributed by atoms with Crippen LogP contribution in [0.25, 0.3) is 0 Å². The van der Waals surface area contributed by atoms with Crippen molar-refractivity contribution in [3.8, 4) is 5.75 Å². The van der Waals surface area contributed by atoms with Crippen molar-refractivity contribution in [1.82, 2.24) is 4.90 Å². The molecule has 0 bridgehead atoms. The van der Waals surface area contributed by atoms with E-state index in [0.717, 1.165) is 22.2 Å². The van der Waals surface area contributed by atoms with Crippen molar-refractivity contribution in [2.45, 2.75) is 25.4 Å². The molecule has 0 unspecified atom stereocenters. The molecule has 0 N–H and O–H groups in total. The van der Waals surface area contributed by atoms with Crippen molar-refractivity contribution in [1.29, 1.82) is 0 Å². The van der Waals surface area contributed by atoms with Crippen LogP contribution in [0.5, 0.6) is 5.75 Å². The maximum Gasteiger partial charge on any atom is 0.410 e. The Morgan fingerprint density at radius 1 is 1.50 bits per heavy atom. The molecule has 0 aliphatic carbocycles. The average Bonchev–Trinajstić information content (AvgIpc) is 2.82. The molecule has 106 valence electrons. The number of fused-ring (bicyclic) bond motifs is 2. The number of benzene rings is 1. The quantitative estimate of drug-likeness (QED) is 0.776. The highest BCUT2D eigenvalue weighted by molar-refractivity contribution is 9.10. The van der Waals surface area contributed by atoms with Gasteiger partial charge < -0.3 is 9.47 Å². The first-order valence-corrected chi connectivity index (χ1v) is 7.39. The summed E-state index contributed by atoms with van der Waals surface area (Å²) in [6, 6.07) is 3.90. The Kier molecular flexibility index (Phi) is 3.46. The lowest BCUT2D eigenvalue weighted by Gasteiger charge is -2.36. The number of hydrogen-bond acceptors (Lipinski definition) is 3. The molecule has 1 amide bonds. The number of allylic oxidation sites excluding steroid dienone is 1. The third-order valence-corrected chi connectivity index (χ3v) is 4.64. The average molecular weight is 338 g/mol. The van der Waals surface area contributed by atoms with Crippen molar-refractivity contribution >= 4 is 22.0 Å². The standard InChI is InChI=1S/C15H16BrNO3/c1-3-4-12-14-10(11(16)5-6-13(14)19-2)7-9-8-20-15(18)17(9)12/h3-6,9,12H,7-8H2,1-2H3/b4-3+/t9-,12+/m0/s1. The van der Waals surface area contributed by atoms with Crippen molar-refractivity contribution in [2.75, 3.05) is 13.7 Å². The Labute approximate surface area is 126 Å². The lowest BCUT2D eigenvalue weighted by atomic mass is 9.88. The Bertz CT molecular complexity index is 585. The Hall–Kier alpha value is -1.49. The molecule has 2 aliphatic rings. The summed E-state index contributed by atoms with van der Waals surface area (Å²) in [4.78, 5) is 13.8. The molecule has 0 radical (unpaired) electrons. The number of carbonyl (C=O) groups is 1. The molecular formula is C15H16BrNO3. The fraction of sp³-hybridized carbons (Fsp3) is 0.400. The Morgan fingerprint density at radius 2 is 2.30 bits per heavy atom. The predicted octanol–water partition coefficient (Wildman–Crippen LogP) is 3.45. The number of methoxy groups -OCH3 is 1. The fourth-order valence-electron chi connectivity index (χ4n) is 3.04. The number of ether oxygens (including phenoxy) is 2. The molecule has 0 aromatic heterocycles. The molecule has 2 aliphatic heterocycles. The minimum atomic E-state index is -0.245. The van der Waals surface area contributed by atoms with E-state index in [4.69, 9.17) is 9.47 Å². The lowest BCUT2D eigenvalue weighted by molar-refractivity contribution is 0.148. The topological polar surface area (TPSA) is 38.8 Å². The zero-order chi connectivity index (χ0) is 14.3. The second-order valence-corrected chi connectivity index (χ2v) is 5.81. The van der Waals surface area contributed by atoms with E-state index < -0.39 is 0 Å². The highest BCUT2D eigenvalue weighted by Gasteiger charge is 2.44. The van der Waals surface area contributed by atoms with Crippen LogP contribution >= 0.6 is 15.9 Å². The molecule has 0 saturated carbocycles. The van der Waals surface area contributed by atoms with Crippen LogP contribution in [0.15, 0.2) is 28.8 Å². The molecule has 1 fully saturated rings. The van der Waals surface area contributed by atoms with Crippen molar-refractivity contribution in [3.63, 3.8) is 0 Å². The molecule has 0 spiro atoms. The maximum absolute atomic E-state index is 12.0. The molecule has 4 nitrogen and oxygen atoms in total. The molecule has 1 saturated heterocycles. The summed E-state index contributed by atoms with van der Waals surface area (Å²) in [5.41, 5.74) is 2.25. The van der Waals surface area contributed by atoms with Crippen LogP contribution in [0.1, 0.15) is 24.1 Å². The van der Waals surface area contributed by atoms with Gasteiger partial charge in [0.2, 0.25) is 0 Å². The normalized spacial score (nSPS) is 24.6. The first kappa shape index (κ1) is 13.5. The SMILES string of the molecule is C/C=C/[C@@H]1c2c(OC)ccc(Br)c2C[C@H]2COC(=O)N21. The van der Waals surface area contributed by atoms with E-state index in [2.05, 4.69) is 15.9 Å². The first-order chi connectivity index (χ1) is 9.67. The van der Waals surface area contributed by atoms with Gasteiger partial charge in [-0.2, -0.15) is 0 Å². The molecule has 5 heteroatoms. The zero-order valence-corrected chi connectivity index (χ0v) is 13.0. The zero-order valence-electron chi connectivity index (χ0n) is 11.4. The number of hydrogen-bond donors (Lipinski definition) is 0. The molecule has 2 heterocycles. The first-order valence-electron chi connectivity index (χ1n) is 6.60. The van der Waals surface area contributed by atoms with Crippen LogP contribution in [0, 0.1) is 0 Å². The second kappa shape index (κ2) is 5.13. The summed E-state index contributed by atoms with van der Waals surface area (Å²) in [5, 5.41) is 0. The number of rotatable bonds is 2. The van der Waals surface area contributed by atoms with Gasteiger partial charge in [-0.25, -0.2) is 4.79 Å². The van der Waals surface area contributed by atoms with Gasteiger partial charge in [0.25, 0.3) is 0 Å². The van der Waals surface area contributed by atoms with Gasteiger partial charge in [0.05, 0.1) is 19.2 Å². The van der Waals surface area contributed by atoms with Crippen LogP contribution in [0.4, 0.5) is 4.79 Å². The smallest absolute Gasteiger partial charge is 0.410 e. The van der Waals surface area contributed by atoms with Gasteiger partial charge in [0.15, 0.2) is 0 Å². The lowest BCUT2D eigenvalue weighted by Crippen LogP contribution is -2.42. The Balaban J connectivity index is 2.20. The fourth-order valence-corrected chi connectivity index (χ4v) is 3.55. The van der Waals surface area contributed by atoms with E-state index in [1.165, 1.54) is 5.56 Å². The minimum Gasteiger partial charge on any atom is -0.496 e. The van der Waals surface area contributed by atoms with E-state index >= 15 is 0 Å². The number of amides is 1. The minimum absolute atomic E-state index is 0.0969. The largest absolute Gasteiger partial charge is 0.496 e. The van der Waals surface area contributed by atoms with Gasteiger partial charge in [-0.3, -0.25) is 4.90 Å². The summed E-state index contributed by atoms with van der Waals surface area (Å²) >= 11 is 3.61. The van der Waals surface area contributed by atoms with E-state index in [-0.39, 0.29) is 18.2 Å². The van der Waals surface area contributed by atoms with E-state index in [0.29, 0.717) is 6.61 Å². The van der Waals surface area contributed by atoms with Gasteiger partial charge in [-0.15, -0.1) is 0 Å². The van der Waals surface area contributed by atoms with Gasteiger partial charge >= 0.3 is 6.09 Å². The van der Waals surface area contributed by atoms with E-state index in [1.54, 1.807) is 7.11 Å². The summed E-state index contributed by atoms with van der Waals surface area (Å²) in [6.07, 6.45) is 4.52. The third-order valence-electron chi connectivity index (χ3n) is 3.89. The van der Waals surface area contributed by atoms with E-state index in [9.17, 15) is 4.79 Å². The van der Waals surface area contributed by atoms with E-state index in [1.807, 2.05) is 36.1 Å². The summed E-state index contributed by atoms with van der Waals surface area (Å²) < 4.78 is 11.8. The number of cyclic esters (lactones) is 1. The van der Waals surface area contributed by atoms with Gasteiger partial charge in [-0.1, -0.05) is 28.1 Å². The third kappa shape index (κ3) is 1.92. The molecule has 2 atom stereocenters. The van der Waals surface area contributed by atoms with Gasteiger partial charge in [-0.05, 0) is 31.0 Å². The Morgan fingerprint density at radius 3 is 3.00 bits per heavy atom. The van der Waals surface area contributed by atoms with Gasteiger partial charge in [0, 0.05) is 10.0 Å².